The van der Waals surface area contributed by atoms with E-state index >= 15 is 0 Å². The summed E-state index contributed by atoms with van der Waals surface area (Å²) in [6, 6.07) is 26.0. The van der Waals surface area contributed by atoms with Crippen LogP contribution in [-0.2, 0) is 22.7 Å². The largest absolute Gasteiger partial charge is 0.497 e. The van der Waals surface area contributed by atoms with Crippen LogP contribution in [0.1, 0.15) is 21.6 Å². The van der Waals surface area contributed by atoms with Crippen molar-refractivity contribution in [1.82, 2.24) is 4.98 Å². The maximum absolute atomic E-state index is 13.3. The molecule has 8 heteroatoms. The number of aromatic amines is 1. The third-order valence-corrected chi connectivity index (χ3v) is 6.36. The molecule has 2 amide bonds. The molecule has 8 nitrogen and oxygen atoms in total. The second kappa shape index (κ2) is 11.2. The highest BCUT2D eigenvalue weighted by Crippen LogP contribution is 2.36. The van der Waals surface area contributed by atoms with Gasteiger partial charge in [0, 0.05) is 28.6 Å². The van der Waals surface area contributed by atoms with E-state index in [0.717, 1.165) is 32.8 Å². The Balaban J connectivity index is 1.53. The number of methoxy groups -OCH3 is 1. The molecule has 0 spiro atoms. The lowest BCUT2D eigenvalue weighted by molar-refractivity contribution is -0.114. The number of hydroxylamine groups is 1. The zero-order valence-corrected chi connectivity index (χ0v) is 20.8. The Kier molecular flexibility index (Phi) is 7.35. The van der Waals surface area contributed by atoms with Gasteiger partial charge in [-0.3, -0.25) is 14.4 Å². The van der Waals surface area contributed by atoms with Crippen molar-refractivity contribution in [2.75, 3.05) is 24.1 Å². The number of carbonyl (C=O) groups is 2. The molecule has 0 aliphatic rings. The Labute approximate surface area is 219 Å². The van der Waals surface area contributed by atoms with Gasteiger partial charge in [-0.25, -0.2) is 0 Å². The summed E-state index contributed by atoms with van der Waals surface area (Å²) in [7, 11) is 1.59. The van der Waals surface area contributed by atoms with Crippen LogP contribution >= 0.6 is 0 Å². The Morgan fingerprint density at radius 1 is 1.00 bits per heavy atom. The quantitative estimate of drug-likeness (QED) is 0.177. The molecule has 4 aromatic carbocycles. The molecule has 0 aliphatic heterocycles. The molecular formula is C30H27N3O5. The van der Waals surface area contributed by atoms with Crippen molar-refractivity contribution in [2.45, 2.75) is 13.0 Å². The zero-order chi connectivity index (χ0) is 26.5. The van der Waals surface area contributed by atoms with Crippen LogP contribution < -0.4 is 15.1 Å². The molecule has 5 aromatic rings. The van der Waals surface area contributed by atoms with Crippen molar-refractivity contribution in [2.24, 2.45) is 0 Å². The van der Waals surface area contributed by atoms with E-state index in [4.69, 9.17) is 9.57 Å². The monoisotopic (exact) mass is 509 g/mol. The van der Waals surface area contributed by atoms with Crippen molar-refractivity contribution in [1.29, 1.82) is 0 Å². The van der Waals surface area contributed by atoms with Crippen LogP contribution in [0.4, 0.5) is 11.4 Å². The third kappa shape index (κ3) is 5.08. The average molecular weight is 510 g/mol. The minimum absolute atomic E-state index is 0.111. The molecule has 0 unspecified atom stereocenters. The molecule has 1 heterocycles. The van der Waals surface area contributed by atoms with Crippen LogP contribution in [0.15, 0.2) is 84.9 Å². The van der Waals surface area contributed by atoms with Crippen molar-refractivity contribution >= 4 is 45.4 Å². The first kappa shape index (κ1) is 25.0. The zero-order valence-electron chi connectivity index (χ0n) is 20.8. The summed E-state index contributed by atoms with van der Waals surface area (Å²) >= 11 is 0. The molecule has 3 N–H and O–H groups in total. The molecule has 38 heavy (non-hydrogen) atoms. The van der Waals surface area contributed by atoms with Crippen LogP contribution in [0.2, 0.25) is 0 Å². The van der Waals surface area contributed by atoms with Gasteiger partial charge >= 0.3 is 0 Å². The average Bonchev–Trinajstić information content (AvgIpc) is 3.39. The van der Waals surface area contributed by atoms with Gasteiger partial charge in [0.15, 0.2) is 0 Å². The number of fused-ring (bicyclic) bond motifs is 2. The number of benzene rings is 4. The lowest BCUT2D eigenvalue weighted by Crippen LogP contribution is -2.22. The van der Waals surface area contributed by atoms with E-state index in [1.165, 1.54) is 5.06 Å². The number of nitrogens with one attached hydrogen (secondary N) is 2. The Hall–Kier alpha value is -4.66. The fraction of sp³-hybridized carbons (Fsp3) is 0.133. The number of aliphatic hydroxyl groups excluding tert-OH is 1. The van der Waals surface area contributed by atoms with Crippen LogP contribution in [0.3, 0.4) is 0 Å². The number of rotatable bonds is 10. The number of anilines is 2. The second-order valence-corrected chi connectivity index (χ2v) is 8.72. The van der Waals surface area contributed by atoms with Gasteiger partial charge in [0.25, 0.3) is 5.91 Å². The minimum Gasteiger partial charge on any atom is -0.497 e. The highest BCUT2D eigenvalue weighted by atomic mass is 16.7. The summed E-state index contributed by atoms with van der Waals surface area (Å²) in [5.41, 5.74) is 3.78. The molecule has 5 rings (SSSR count). The summed E-state index contributed by atoms with van der Waals surface area (Å²) in [5, 5.41) is 16.3. The number of aromatic nitrogens is 1. The number of carbonyl (C=O) groups excluding carboxylic acids is 2. The lowest BCUT2D eigenvalue weighted by atomic mass is 9.98. The number of hydrogen-bond acceptors (Lipinski definition) is 5. The van der Waals surface area contributed by atoms with Gasteiger partial charge in [0.1, 0.15) is 18.1 Å². The molecule has 0 bridgehead atoms. The van der Waals surface area contributed by atoms with E-state index in [1.807, 2.05) is 72.8 Å². The normalized spacial score (nSPS) is 11.0. The molecule has 0 radical (unpaired) electrons. The summed E-state index contributed by atoms with van der Waals surface area (Å²) < 4.78 is 5.28. The SMILES string of the molecule is COc1ccc2[nH]c(C(=O)Nc3cc(N(C=O)OCc4ccccc4)c4ccccc4c3CCO)cc2c1. The highest BCUT2D eigenvalue weighted by Gasteiger charge is 2.19. The molecule has 0 saturated carbocycles. The molecule has 0 aliphatic carbocycles. The van der Waals surface area contributed by atoms with Crippen LogP contribution in [0.25, 0.3) is 21.7 Å². The van der Waals surface area contributed by atoms with Crippen LogP contribution in [0, 0.1) is 0 Å². The first-order valence-corrected chi connectivity index (χ1v) is 12.2. The first-order valence-electron chi connectivity index (χ1n) is 12.2. The number of ether oxygens (including phenoxy) is 1. The predicted octanol–water partition coefficient (Wildman–Crippen LogP) is 5.21. The van der Waals surface area contributed by atoms with Gasteiger partial charge in [-0.15, -0.1) is 0 Å². The molecular weight excluding hydrogens is 482 g/mol. The van der Waals surface area contributed by atoms with Crippen molar-refractivity contribution < 1.29 is 24.3 Å². The van der Waals surface area contributed by atoms with Gasteiger partial charge in [-0.2, -0.15) is 5.06 Å². The van der Waals surface area contributed by atoms with E-state index in [0.29, 0.717) is 35.6 Å². The van der Waals surface area contributed by atoms with Crippen molar-refractivity contribution in [3.63, 3.8) is 0 Å². The molecule has 0 atom stereocenters. The Morgan fingerprint density at radius 3 is 2.50 bits per heavy atom. The molecule has 1 aromatic heterocycles. The first-order chi connectivity index (χ1) is 18.6. The van der Waals surface area contributed by atoms with Crippen molar-refractivity contribution in [3.05, 3.63) is 102 Å². The summed E-state index contributed by atoms with van der Waals surface area (Å²) in [6.07, 6.45) is 0.916. The number of aliphatic hydroxyl groups is 1. The fourth-order valence-electron chi connectivity index (χ4n) is 4.52. The van der Waals surface area contributed by atoms with Crippen molar-refractivity contribution in [3.8, 4) is 5.75 Å². The predicted molar refractivity (Wildman–Crippen MR) is 147 cm³/mol. The van der Waals surface area contributed by atoms with E-state index in [-0.39, 0.29) is 19.1 Å². The number of hydrogen-bond donors (Lipinski definition) is 3. The highest BCUT2D eigenvalue weighted by molar-refractivity contribution is 6.10. The maximum atomic E-state index is 13.3. The molecule has 0 fully saturated rings. The third-order valence-electron chi connectivity index (χ3n) is 6.36. The molecule has 192 valence electrons. The van der Waals surface area contributed by atoms with E-state index in [1.54, 1.807) is 19.2 Å². The number of nitrogens with zero attached hydrogens (tertiary/aromatic N) is 1. The smallest absolute Gasteiger partial charge is 0.272 e. The maximum Gasteiger partial charge on any atom is 0.272 e. The summed E-state index contributed by atoms with van der Waals surface area (Å²) in [6.45, 7) is 0.0762. The summed E-state index contributed by atoms with van der Waals surface area (Å²) in [5.74, 6) is 0.334. The fourth-order valence-corrected chi connectivity index (χ4v) is 4.52. The van der Waals surface area contributed by atoms with Gasteiger partial charge in [0.05, 0.1) is 12.8 Å². The van der Waals surface area contributed by atoms with E-state index in [2.05, 4.69) is 10.3 Å². The Bertz CT molecular complexity index is 1600. The molecule has 0 saturated heterocycles. The van der Waals surface area contributed by atoms with Gasteiger partial charge < -0.3 is 20.1 Å². The number of amides is 2. The van der Waals surface area contributed by atoms with Gasteiger partial charge in [-0.1, -0.05) is 54.6 Å². The van der Waals surface area contributed by atoms with Crippen LogP contribution in [0.5, 0.6) is 5.75 Å². The van der Waals surface area contributed by atoms with Gasteiger partial charge in [-0.05, 0) is 53.3 Å². The lowest BCUT2D eigenvalue weighted by Gasteiger charge is -2.22. The van der Waals surface area contributed by atoms with E-state index in [9.17, 15) is 14.7 Å². The number of H-pyrrole nitrogens is 1. The van der Waals surface area contributed by atoms with Gasteiger partial charge in [0.2, 0.25) is 6.41 Å². The van der Waals surface area contributed by atoms with Crippen LogP contribution in [-0.4, -0.2) is 36.1 Å². The van der Waals surface area contributed by atoms with E-state index < -0.39 is 0 Å². The summed E-state index contributed by atoms with van der Waals surface area (Å²) in [4.78, 5) is 34.5. The minimum atomic E-state index is -0.358. The topological polar surface area (TPSA) is 104 Å². The standard InChI is InChI=1S/C30H27N3O5/c1-37-22-11-12-26-21(15-22)16-28(31-26)30(36)32-27-17-29(25-10-6-5-9-23(25)24(27)13-14-34)33(19-35)38-18-20-7-3-2-4-8-20/h2-12,15-17,19,31,34H,13-14,18H2,1H3,(H,32,36). The Morgan fingerprint density at radius 2 is 1.76 bits per heavy atom. The second-order valence-electron chi connectivity index (χ2n) is 8.72.